The van der Waals surface area contributed by atoms with Gasteiger partial charge in [-0.1, -0.05) is 11.6 Å². The zero-order valence-electron chi connectivity index (χ0n) is 7.14. The average molecular weight is 175 g/mol. The Morgan fingerprint density at radius 2 is 2.45 bits per heavy atom. The summed E-state index contributed by atoms with van der Waals surface area (Å²) in [7, 11) is 0. The number of ether oxygens (including phenoxy) is 1. The highest BCUT2D eigenvalue weighted by atomic mass is 35.5. The molecule has 64 valence electrons. The highest BCUT2D eigenvalue weighted by Crippen LogP contribution is 2.17. The van der Waals surface area contributed by atoms with Gasteiger partial charge in [-0.2, -0.15) is 0 Å². The van der Waals surface area contributed by atoms with Gasteiger partial charge in [0.15, 0.2) is 0 Å². The van der Waals surface area contributed by atoms with E-state index >= 15 is 0 Å². The molecule has 1 aliphatic heterocycles. The van der Waals surface area contributed by atoms with E-state index in [1.165, 1.54) is 12.0 Å². The fraction of sp³-hybridized carbons (Fsp3) is 0.778. The zero-order chi connectivity index (χ0) is 8.27. The third-order valence-electron chi connectivity index (χ3n) is 2.04. The molecule has 1 nitrogen and oxygen atoms in total. The lowest BCUT2D eigenvalue weighted by Crippen LogP contribution is -2.03. The van der Waals surface area contributed by atoms with E-state index in [1.54, 1.807) is 0 Å². The van der Waals surface area contributed by atoms with E-state index in [0.29, 0.717) is 6.10 Å². The lowest BCUT2D eigenvalue weighted by Gasteiger charge is -2.07. The topological polar surface area (TPSA) is 9.23 Å². The number of halogens is 1. The molecular formula is C9H15ClO. The molecule has 1 saturated heterocycles. The van der Waals surface area contributed by atoms with Crippen molar-refractivity contribution in [1.82, 2.24) is 0 Å². The van der Waals surface area contributed by atoms with Crippen LogP contribution in [0.15, 0.2) is 11.6 Å². The van der Waals surface area contributed by atoms with Crippen LogP contribution in [0.2, 0.25) is 0 Å². The molecule has 0 N–H and O–H groups in total. The monoisotopic (exact) mass is 174 g/mol. The van der Waals surface area contributed by atoms with Crippen molar-refractivity contribution >= 4 is 11.6 Å². The van der Waals surface area contributed by atoms with Gasteiger partial charge in [-0.3, -0.25) is 0 Å². The Balaban J connectivity index is 2.42. The van der Waals surface area contributed by atoms with Gasteiger partial charge in [0.05, 0.1) is 11.5 Å². The van der Waals surface area contributed by atoms with Gasteiger partial charge in [0.2, 0.25) is 0 Å². The van der Waals surface area contributed by atoms with Crippen molar-refractivity contribution < 1.29 is 4.74 Å². The molecule has 1 fully saturated rings. The van der Waals surface area contributed by atoms with Crippen molar-refractivity contribution in [1.29, 1.82) is 0 Å². The van der Waals surface area contributed by atoms with Gasteiger partial charge >= 0.3 is 0 Å². The maximum atomic E-state index is 5.88. The number of rotatable bonds is 2. The van der Waals surface area contributed by atoms with Crippen molar-refractivity contribution in [3.63, 3.8) is 0 Å². The molecule has 1 heterocycles. The van der Waals surface area contributed by atoms with Crippen LogP contribution in [0.1, 0.15) is 26.7 Å². The van der Waals surface area contributed by atoms with Crippen molar-refractivity contribution in [3.8, 4) is 0 Å². The summed E-state index contributed by atoms with van der Waals surface area (Å²) in [6.45, 7) is 4.95. The Hall–Kier alpha value is -0.0100. The van der Waals surface area contributed by atoms with Crippen molar-refractivity contribution in [2.45, 2.75) is 38.2 Å². The molecule has 2 unspecified atom stereocenters. The predicted octanol–water partition coefficient (Wildman–Crippen LogP) is 2.74. The molecule has 1 rings (SSSR count). The fourth-order valence-corrected chi connectivity index (χ4v) is 1.23. The van der Waals surface area contributed by atoms with E-state index in [9.17, 15) is 0 Å². The van der Waals surface area contributed by atoms with Crippen molar-refractivity contribution in [2.24, 2.45) is 0 Å². The lowest BCUT2D eigenvalue weighted by molar-refractivity contribution is 0.145. The Morgan fingerprint density at radius 1 is 1.73 bits per heavy atom. The average Bonchev–Trinajstić information content (AvgIpc) is 2.39. The quantitative estimate of drug-likeness (QED) is 0.462. The Kier molecular flexibility index (Phi) is 3.41. The molecule has 1 aliphatic rings. The summed E-state index contributed by atoms with van der Waals surface area (Å²) in [5.74, 6) is 0. The summed E-state index contributed by atoms with van der Waals surface area (Å²) >= 11 is 5.88. The standard InChI is InChI=1S/C9H15ClO/c1-7(8(2)10)6-9-4-3-5-11-9/h6,8-9H,3-5H2,1-2H3/b7-6+. The molecule has 11 heavy (non-hydrogen) atoms. The number of hydrogen-bond donors (Lipinski definition) is 0. The van der Waals surface area contributed by atoms with E-state index < -0.39 is 0 Å². The first-order valence-electron chi connectivity index (χ1n) is 4.14. The highest BCUT2D eigenvalue weighted by molar-refractivity contribution is 6.22. The highest BCUT2D eigenvalue weighted by Gasteiger charge is 2.13. The van der Waals surface area contributed by atoms with Crippen LogP contribution in [0.25, 0.3) is 0 Å². The van der Waals surface area contributed by atoms with Crippen LogP contribution in [0.3, 0.4) is 0 Å². The first-order valence-corrected chi connectivity index (χ1v) is 4.58. The second-order valence-corrected chi connectivity index (χ2v) is 3.73. The summed E-state index contributed by atoms with van der Waals surface area (Å²) in [6.07, 6.45) is 4.81. The molecule has 0 aromatic rings. The van der Waals surface area contributed by atoms with Gasteiger partial charge in [0.25, 0.3) is 0 Å². The third-order valence-corrected chi connectivity index (χ3v) is 2.39. The molecular weight excluding hydrogens is 160 g/mol. The molecule has 0 radical (unpaired) electrons. The summed E-state index contributed by atoms with van der Waals surface area (Å²) in [5, 5.41) is 0.138. The molecule has 0 aromatic carbocycles. The van der Waals surface area contributed by atoms with Gasteiger partial charge in [-0.05, 0) is 26.7 Å². The van der Waals surface area contributed by atoms with Crippen molar-refractivity contribution in [3.05, 3.63) is 11.6 Å². The maximum absolute atomic E-state index is 5.88. The second kappa shape index (κ2) is 4.13. The molecule has 0 bridgehead atoms. The number of allylic oxidation sites excluding steroid dienone is 1. The van der Waals surface area contributed by atoms with E-state index in [4.69, 9.17) is 16.3 Å². The van der Waals surface area contributed by atoms with E-state index in [1.807, 2.05) is 6.92 Å². The van der Waals surface area contributed by atoms with Gasteiger partial charge in [0, 0.05) is 6.61 Å². The first-order chi connectivity index (χ1) is 5.20. The molecule has 2 heteroatoms. The Labute approximate surface area is 73.4 Å². The summed E-state index contributed by atoms with van der Waals surface area (Å²) in [5.41, 5.74) is 1.22. The number of hydrogen-bond acceptors (Lipinski definition) is 1. The van der Waals surface area contributed by atoms with E-state index in [0.717, 1.165) is 13.0 Å². The van der Waals surface area contributed by atoms with Gasteiger partial charge in [-0.15, -0.1) is 11.6 Å². The number of alkyl halides is 1. The van der Waals surface area contributed by atoms with Crippen LogP contribution in [0.4, 0.5) is 0 Å². The lowest BCUT2D eigenvalue weighted by atomic mass is 10.1. The van der Waals surface area contributed by atoms with Crippen LogP contribution in [-0.2, 0) is 4.74 Å². The van der Waals surface area contributed by atoms with Gasteiger partial charge in [-0.25, -0.2) is 0 Å². The molecule has 0 amide bonds. The molecule has 0 aliphatic carbocycles. The molecule has 2 atom stereocenters. The summed E-state index contributed by atoms with van der Waals surface area (Å²) in [6, 6.07) is 0. The molecule has 0 saturated carbocycles. The van der Waals surface area contributed by atoms with Crippen molar-refractivity contribution in [2.75, 3.05) is 6.61 Å². The predicted molar refractivity (Wildman–Crippen MR) is 48.0 cm³/mol. The minimum Gasteiger partial charge on any atom is -0.374 e. The largest absolute Gasteiger partial charge is 0.374 e. The van der Waals surface area contributed by atoms with Gasteiger partial charge in [0.1, 0.15) is 0 Å². The summed E-state index contributed by atoms with van der Waals surface area (Å²) < 4.78 is 5.44. The van der Waals surface area contributed by atoms with Crippen LogP contribution < -0.4 is 0 Å². The fourth-order valence-electron chi connectivity index (χ4n) is 1.16. The summed E-state index contributed by atoms with van der Waals surface area (Å²) in [4.78, 5) is 0. The third kappa shape index (κ3) is 2.84. The zero-order valence-corrected chi connectivity index (χ0v) is 7.90. The maximum Gasteiger partial charge on any atom is 0.0759 e. The molecule has 0 spiro atoms. The van der Waals surface area contributed by atoms with E-state index in [-0.39, 0.29) is 5.38 Å². The van der Waals surface area contributed by atoms with Gasteiger partial charge < -0.3 is 4.74 Å². The minimum absolute atomic E-state index is 0.138. The van der Waals surface area contributed by atoms with Crippen LogP contribution in [0.5, 0.6) is 0 Å². The second-order valence-electron chi connectivity index (χ2n) is 3.08. The van der Waals surface area contributed by atoms with Crippen LogP contribution in [-0.4, -0.2) is 18.1 Å². The Morgan fingerprint density at radius 3 is 2.91 bits per heavy atom. The SMILES string of the molecule is C/C(=C\C1CCCO1)C(C)Cl. The normalized spacial score (nSPS) is 29.0. The van der Waals surface area contributed by atoms with Crippen LogP contribution in [0, 0.1) is 0 Å². The van der Waals surface area contributed by atoms with E-state index in [2.05, 4.69) is 13.0 Å². The first kappa shape index (κ1) is 9.08. The smallest absolute Gasteiger partial charge is 0.0759 e. The molecule has 0 aromatic heterocycles. The Bertz CT molecular complexity index is 146. The minimum atomic E-state index is 0.138. The van der Waals surface area contributed by atoms with Crippen LogP contribution >= 0.6 is 11.6 Å².